The first-order valence-electron chi connectivity index (χ1n) is 10.7. The fraction of sp³-hybridized carbons (Fsp3) is 0.417. The smallest absolute Gasteiger partial charge is 0.254 e. The maximum absolute atomic E-state index is 13.7. The summed E-state index contributed by atoms with van der Waals surface area (Å²) in [5, 5.41) is 2.76. The van der Waals surface area contributed by atoms with E-state index in [-0.39, 0.29) is 35.4 Å². The van der Waals surface area contributed by atoms with E-state index in [2.05, 4.69) is 5.32 Å². The van der Waals surface area contributed by atoms with Gasteiger partial charge in [-0.15, -0.1) is 0 Å². The van der Waals surface area contributed by atoms with Gasteiger partial charge in [0.25, 0.3) is 5.91 Å². The van der Waals surface area contributed by atoms with Crippen LogP contribution >= 0.6 is 0 Å². The molecule has 1 atom stereocenters. The van der Waals surface area contributed by atoms with Crippen molar-refractivity contribution in [2.24, 2.45) is 0 Å². The summed E-state index contributed by atoms with van der Waals surface area (Å²) < 4.78 is 33.4. The number of carbonyl (C=O) groups excluding carboxylic acids is 2. The molecule has 31 heavy (non-hydrogen) atoms. The van der Waals surface area contributed by atoms with Gasteiger partial charge >= 0.3 is 0 Å². The Morgan fingerprint density at radius 1 is 1.06 bits per heavy atom. The number of nitrogens with one attached hydrogen (secondary N) is 1. The van der Waals surface area contributed by atoms with Crippen molar-refractivity contribution >= 4 is 11.8 Å². The van der Waals surface area contributed by atoms with Crippen molar-refractivity contribution in [1.29, 1.82) is 0 Å². The molecule has 2 aromatic rings. The molecule has 2 saturated heterocycles. The Hall–Kier alpha value is -2.80. The number of piperidine rings is 1. The van der Waals surface area contributed by atoms with Crippen molar-refractivity contribution in [1.82, 2.24) is 10.2 Å². The van der Waals surface area contributed by atoms with E-state index < -0.39 is 11.7 Å². The minimum atomic E-state index is -0.543. The number of nitrogens with zero attached hydrogens (tertiary/aromatic N) is 1. The highest BCUT2D eigenvalue weighted by atomic mass is 19.1. The lowest BCUT2D eigenvalue weighted by Gasteiger charge is -2.39. The van der Waals surface area contributed by atoms with Gasteiger partial charge in [-0.05, 0) is 55.5 Å². The maximum atomic E-state index is 13.7. The minimum absolute atomic E-state index is 0.00727. The standard InChI is InChI=1S/C24H26F2N2O3/c25-18-5-3-4-17(14-18)15-22(29)28-12-10-24(11-13-28)9-8-19(31-24)16-27-23(30)20-6-1-2-7-21(20)26/h1-7,14,19H,8-13,15-16H2,(H,27,30). The number of benzene rings is 2. The second kappa shape index (κ2) is 9.14. The molecule has 2 aliphatic heterocycles. The highest BCUT2D eigenvalue weighted by Gasteiger charge is 2.43. The van der Waals surface area contributed by atoms with Crippen LogP contribution in [-0.2, 0) is 16.0 Å². The van der Waals surface area contributed by atoms with E-state index in [1.54, 1.807) is 24.3 Å². The maximum Gasteiger partial charge on any atom is 0.254 e. The van der Waals surface area contributed by atoms with E-state index in [1.807, 2.05) is 4.90 Å². The number of hydrogen-bond donors (Lipinski definition) is 1. The Bertz CT molecular complexity index is 957. The lowest BCUT2D eigenvalue weighted by Crippen LogP contribution is -2.47. The molecule has 2 fully saturated rings. The predicted octanol–water partition coefficient (Wildman–Crippen LogP) is 3.48. The average Bonchev–Trinajstić information content (AvgIpc) is 3.15. The second-order valence-electron chi connectivity index (χ2n) is 8.34. The lowest BCUT2D eigenvalue weighted by molar-refractivity contribution is -0.136. The van der Waals surface area contributed by atoms with Crippen LogP contribution < -0.4 is 5.32 Å². The van der Waals surface area contributed by atoms with Crippen LogP contribution in [0.3, 0.4) is 0 Å². The van der Waals surface area contributed by atoms with E-state index in [9.17, 15) is 18.4 Å². The zero-order valence-corrected chi connectivity index (χ0v) is 17.3. The summed E-state index contributed by atoms with van der Waals surface area (Å²) in [6.07, 6.45) is 3.23. The van der Waals surface area contributed by atoms with Crippen molar-refractivity contribution in [2.75, 3.05) is 19.6 Å². The van der Waals surface area contributed by atoms with Crippen LogP contribution in [0.15, 0.2) is 48.5 Å². The molecule has 1 N–H and O–H groups in total. The van der Waals surface area contributed by atoms with Gasteiger partial charge in [0.2, 0.25) is 5.91 Å². The number of rotatable bonds is 5. The molecule has 2 heterocycles. The van der Waals surface area contributed by atoms with Crippen molar-refractivity contribution in [3.63, 3.8) is 0 Å². The zero-order valence-electron chi connectivity index (χ0n) is 17.3. The molecule has 2 aliphatic rings. The predicted molar refractivity (Wildman–Crippen MR) is 111 cm³/mol. The largest absolute Gasteiger partial charge is 0.370 e. The SMILES string of the molecule is O=C(NCC1CCC2(CCN(C(=O)Cc3cccc(F)c3)CC2)O1)c1ccccc1F. The van der Waals surface area contributed by atoms with E-state index in [0.717, 1.165) is 25.7 Å². The Labute approximate surface area is 180 Å². The van der Waals surface area contributed by atoms with Crippen LogP contribution in [0.1, 0.15) is 41.6 Å². The van der Waals surface area contributed by atoms with Crippen molar-refractivity contribution in [3.05, 3.63) is 71.3 Å². The van der Waals surface area contributed by atoms with Crippen LogP contribution in [-0.4, -0.2) is 48.1 Å². The molecular weight excluding hydrogens is 402 g/mol. The summed E-state index contributed by atoms with van der Waals surface area (Å²) in [5.74, 6) is -1.33. The van der Waals surface area contributed by atoms with E-state index in [4.69, 9.17) is 4.74 Å². The molecule has 0 saturated carbocycles. The molecule has 1 unspecified atom stereocenters. The number of ether oxygens (including phenoxy) is 1. The van der Waals surface area contributed by atoms with E-state index >= 15 is 0 Å². The molecular formula is C24H26F2N2O3. The van der Waals surface area contributed by atoms with E-state index in [1.165, 1.54) is 24.3 Å². The fourth-order valence-corrected chi connectivity index (χ4v) is 4.45. The Balaban J connectivity index is 1.24. The van der Waals surface area contributed by atoms with Crippen LogP contribution in [0, 0.1) is 11.6 Å². The summed E-state index contributed by atoms with van der Waals surface area (Å²) in [6, 6.07) is 12.0. The molecule has 164 valence electrons. The highest BCUT2D eigenvalue weighted by molar-refractivity contribution is 5.94. The third-order valence-electron chi connectivity index (χ3n) is 6.22. The molecule has 2 aromatic carbocycles. The number of likely N-dealkylation sites (tertiary alicyclic amines) is 1. The molecule has 0 aromatic heterocycles. The molecule has 2 amide bonds. The van der Waals surface area contributed by atoms with Gasteiger partial charge in [0.15, 0.2) is 0 Å². The van der Waals surface area contributed by atoms with Crippen molar-refractivity contribution < 1.29 is 23.1 Å². The summed E-state index contributed by atoms with van der Waals surface area (Å²) in [4.78, 5) is 26.6. The first-order valence-corrected chi connectivity index (χ1v) is 10.7. The third kappa shape index (κ3) is 5.10. The molecule has 1 spiro atoms. The molecule has 7 heteroatoms. The quantitative estimate of drug-likeness (QED) is 0.793. The lowest BCUT2D eigenvalue weighted by atomic mass is 9.88. The summed E-state index contributed by atoms with van der Waals surface area (Å²) in [5.41, 5.74) is 0.427. The molecule has 0 aliphatic carbocycles. The molecule has 5 nitrogen and oxygen atoms in total. The topological polar surface area (TPSA) is 58.6 Å². The third-order valence-corrected chi connectivity index (χ3v) is 6.22. The van der Waals surface area contributed by atoms with Crippen LogP contribution in [0.2, 0.25) is 0 Å². The van der Waals surface area contributed by atoms with Gasteiger partial charge in [0, 0.05) is 19.6 Å². The Morgan fingerprint density at radius 2 is 1.84 bits per heavy atom. The van der Waals surface area contributed by atoms with Gasteiger partial charge in [0.1, 0.15) is 11.6 Å². The van der Waals surface area contributed by atoms with Crippen molar-refractivity contribution in [2.45, 2.75) is 43.8 Å². The summed E-state index contributed by atoms with van der Waals surface area (Å²) in [7, 11) is 0. The van der Waals surface area contributed by atoms with Gasteiger partial charge < -0.3 is 15.0 Å². The fourth-order valence-electron chi connectivity index (χ4n) is 4.45. The molecule has 0 bridgehead atoms. The Morgan fingerprint density at radius 3 is 2.58 bits per heavy atom. The minimum Gasteiger partial charge on any atom is -0.370 e. The number of hydrogen-bond acceptors (Lipinski definition) is 3. The first kappa shape index (κ1) is 21.4. The van der Waals surface area contributed by atoms with Gasteiger partial charge in [-0.2, -0.15) is 0 Å². The molecule has 4 rings (SSSR count). The van der Waals surface area contributed by atoms with Crippen LogP contribution in [0.25, 0.3) is 0 Å². The number of amides is 2. The van der Waals surface area contributed by atoms with Gasteiger partial charge in [-0.25, -0.2) is 8.78 Å². The highest BCUT2D eigenvalue weighted by Crippen LogP contribution is 2.38. The number of carbonyl (C=O) groups is 2. The first-order chi connectivity index (χ1) is 14.9. The summed E-state index contributed by atoms with van der Waals surface area (Å²) in [6.45, 7) is 1.53. The number of halogens is 2. The van der Waals surface area contributed by atoms with Crippen LogP contribution in [0.5, 0.6) is 0 Å². The Kier molecular flexibility index (Phi) is 6.32. The second-order valence-corrected chi connectivity index (χ2v) is 8.34. The van der Waals surface area contributed by atoms with Crippen LogP contribution in [0.4, 0.5) is 8.78 Å². The van der Waals surface area contributed by atoms with Gasteiger partial charge in [-0.3, -0.25) is 9.59 Å². The van der Waals surface area contributed by atoms with Gasteiger partial charge in [-0.1, -0.05) is 24.3 Å². The van der Waals surface area contributed by atoms with Gasteiger partial charge in [0.05, 0.1) is 23.7 Å². The summed E-state index contributed by atoms with van der Waals surface area (Å²) >= 11 is 0. The normalized spacial score (nSPS) is 20.1. The monoisotopic (exact) mass is 428 g/mol. The van der Waals surface area contributed by atoms with Crippen molar-refractivity contribution in [3.8, 4) is 0 Å². The average molecular weight is 428 g/mol. The molecule has 0 radical (unpaired) electrons. The zero-order chi connectivity index (χ0) is 21.8. The van der Waals surface area contributed by atoms with E-state index in [0.29, 0.717) is 25.2 Å².